The highest BCUT2D eigenvalue weighted by atomic mass is 127. The lowest BCUT2D eigenvalue weighted by Gasteiger charge is -2.22. The van der Waals surface area contributed by atoms with E-state index in [1.165, 1.54) is 36.2 Å². The van der Waals surface area contributed by atoms with Gasteiger partial charge in [-0.3, -0.25) is 10.1 Å². The SMILES string of the molecule is CN(c1ccc([N+](=O)[O-])cc1)c1nc(Nc2ccc(I)cc2)ncc1C(F)(F)F. The van der Waals surface area contributed by atoms with Crippen LogP contribution < -0.4 is 10.2 Å². The zero-order valence-corrected chi connectivity index (χ0v) is 17.0. The number of hydrogen-bond acceptors (Lipinski definition) is 6. The fraction of sp³-hybridized carbons (Fsp3) is 0.111. The van der Waals surface area contributed by atoms with Crippen LogP contribution in [-0.4, -0.2) is 21.9 Å². The van der Waals surface area contributed by atoms with Gasteiger partial charge in [-0.15, -0.1) is 0 Å². The predicted molar refractivity (Wildman–Crippen MR) is 111 cm³/mol. The van der Waals surface area contributed by atoms with Gasteiger partial charge in [0.15, 0.2) is 5.82 Å². The van der Waals surface area contributed by atoms with Crippen LogP contribution in [0, 0.1) is 13.7 Å². The number of hydrogen-bond donors (Lipinski definition) is 1. The maximum atomic E-state index is 13.5. The van der Waals surface area contributed by atoms with E-state index in [1.54, 1.807) is 12.1 Å². The highest BCUT2D eigenvalue weighted by Crippen LogP contribution is 2.38. The molecular weight excluding hydrogens is 502 g/mol. The highest BCUT2D eigenvalue weighted by Gasteiger charge is 2.36. The Balaban J connectivity index is 1.99. The van der Waals surface area contributed by atoms with Crippen LogP contribution in [0.5, 0.6) is 0 Å². The molecule has 150 valence electrons. The van der Waals surface area contributed by atoms with E-state index in [9.17, 15) is 23.3 Å². The lowest BCUT2D eigenvalue weighted by Crippen LogP contribution is -2.19. The summed E-state index contributed by atoms with van der Waals surface area (Å²) >= 11 is 2.13. The molecule has 0 bridgehead atoms. The molecule has 1 N–H and O–H groups in total. The van der Waals surface area contributed by atoms with Crippen molar-refractivity contribution in [3.63, 3.8) is 0 Å². The maximum absolute atomic E-state index is 13.5. The molecule has 0 saturated carbocycles. The minimum absolute atomic E-state index is 0.0111. The van der Waals surface area contributed by atoms with Crippen molar-refractivity contribution >= 4 is 51.4 Å². The molecule has 0 amide bonds. The number of nitro benzene ring substituents is 1. The van der Waals surface area contributed by atoms with Gasteiger partial charge >= 0.3 is 6.18 Å². The second kappa shape index (κ2) is 8.19. The predicted octanol–water partition coefficient (Wildman–Crippen LogP) is 5.52. The Bertz CT molecular complexity index is 1030. The molecule has 0 radical (unpaired) electrons. The van der Waals surface area contributed by atoms with Crippen LogP contribution >= 0.6 is 22.6 Å². The van der Waals surface area contributed by atoms with Crippen LogP contribution in [0.4, 0.5) is 42.0 Å². The summed E-state index contributed by atoms with van der Waals surface area (Å²) in [5.41, 5.74) is -0.261. The molecule has 7 nitrogen and oxygen atoms in total. The largest absolute Gasteiger partial charge is 0.421 e. The number of benzene rings is 2. The summed E-state index contributed by atoms with van der Waals surface area (Å²) in [6.45, 7) is 0. The van der Waals surface area contributed by atoms with E-state index in [0.29, 0.717) is 17.6 Å². The number of aromatic nitrogens is 2. The van der Waals surface area contributed by atoms with Crippen LogP contribution in [0.1, 0.15) is 5.56 Å². The third-order valence-corrected chi connectivity index (χ3v) is 4.66. The van der Waals surface area contributed by atoms with Crippen LogP contribution in [0.3, 0.4) is 0 Å². The first-order valence-corrected chi connectivity index (χ1v) is 9.18. The first kappa shape index (κ1) is 20.8. The van der Waals surface area contributed by atoms with E-state index in [0.717, 1.165) is 3.57 Å². The standard InChI is InChI=1S/C18H13F3IN5O2/c1-26(13-6-8-14(9-7-13)27(28)29)16-15(18(19,20)21)10-23-17(25-16)24-12-4-2-11(22)3-5-12/h2-10H,1H3,(H,23,24,25). The van der Waals surface area contributed by atoms with Crippen molar-refractivity contribution < 1.29 is 18.1 Å². The van der Waals surface area contributed by atoms with E-state index >= 15 is 0 Å². The van der Waals surface area contributed by atoms with E-state index in [2.05, 4.69) is 37.9 Å². The fourth-order valence-electron chi connectivity index (χ4n) is 2.47. The Hall–Kier alpha value is -2.96. The second-order valence-electron chi connectivity index (χ2n) is 5.89. The number of non-ortho nitro benzene ring substituents is 1. The number of nitrogens with one attached hydrogen (secondary N) is 1. The van der Waals surface area contributed by atoms with Crippen LogP contribution in [0.15, 0.2) is 54.7 Å². The molecule has 2 aromatic carbocycles. The van der Waals surface area contributed by atoms with Gasteiger partial charge < -0.3 is 10.2 Å². The minimum Gasteiger partial charge on any atom is -0.329 e. The Morgan fingerprint density at radius 1 is 1.10 bits per heavy atom. The summed E-state index contributed by atoms with van der Waals surface area (Å²) < 4.78 is 41.4. The maximum Gasteiger partial charge on any atom is 0.421 e. The normalized spacial score (nSPS) is 11.2. The average molecular weight is 515 g/mol. The zero-order valence-electron chi connectivity index (χ0n) is 14.8. The van der Waals surface area contributed by atoms with E-state index in [4.69, 9.17) is 0 Å². The zero-order chi connectivity index (χ0) is 21.2. The quantitative estimate of drug-likeness (QED) is 0.274. The van der Waals surface area contributed by atoms with Crippen molar-refractivity contribution in [2.75, 3.05) is 17.3 Å². The van der Waals surface area contributed by atoms with Crippen molar-refractivity contribution in [1.29, 1.82) is 0 Å². The van der Waals surface area contributed by atoms with Crippen molar-refractivity contribution in [2.45, 2.75) is 6.18 Å². The molecule has 11 heteroatoms. The smallest absolute Gasteiger partial charge is 0.329 e. The summed E-state index contributed by atoms with van der Waals surface area (Å²) in [4.78, 5) is 19.2. The lowest BCUT2D eigenvalue weighted by molar-refractivity contribution is -0.384. The van der Waals surface area contributed by atoms with Gasteiger partial charge in [-0.25, -0.2) is 4.98 Å². The number of nitrogens with zero attached hydrogens (tertiary/aromatic N) is 4. The highest BCUT2D eigenvalue weighted by molar-refractivity contribution is 14.1. The third kappa shape index (κ3) is 4.91. The van der Waals surface area contributed by atoms with Crippen LogP contribution in [0.2, 0.25) is 0 Å². The van der Waals surface area contributed by atoms with Gasteiger partial charge in [0.25, 0.3) is 5.69 Å². The van der Waals surface area contributed by atoms with E-state index in [1.807, 2.05) is 12.1 Å². The van der Waals surface area contributed by atoms with Gasteiger partial charge in [-0.1, -0.05) is 0 Å². The van der Waals surface area contributed by atoms with Crippen LogP contribution in [0.25, 0.3) is 0 Å². The van der Waals surface area contributed by atoms with Gasteiger partial charge in [0.2, 0.25) is 5.95 Å². The summed E-state index contributed by atoms with van der Waals surface area (Å²) in [5, 5.41) is 13.7. The molecule has 0 aliphatic carbocycles. The van der Waals surface area contributed by atoms with E-state index in [-0.39, 0.29) is 17.5 Å². The number of anilines is 4. The van der Waals surface area contributed by atoms with Crippen molar-refractivity contribution in [3.05, 3.63) is 74.0 Å². The van der Waals surface area contributed by atoms with Crippen molar-refractivity contribution in [3.8, 4) is 0 Å². The van der Waals surface area contributed by atoms with Crippen LogP contribution in [-0.2, 0) is 6.18 Å². The molecule has 0 unspecified atom stereocenters. The molecular formula is C18H13F3IN5O2. The Morgan fingerprint density at radius 2 is 1.72 bits per heavy atom. The van der Waals surface area contributed by atoms with Gasteiger partial charge in [0.1, 0.15) is 5.56 Å². The Labute approximate surface area is 176 Å². The number of halogens is 4. The third-order valence-electron chi connectivity index (χ3n) is 3.94. The molecule has 3 aromatic rings. The molecule has 0 aliphatic heterocycles. The Kier molecular flexibility index (Phi) is 5.86. The molecule has 1 aromatic heterocycles. The molecule has 29 heavy (non-hydrogen) atoms. The second-order valence-corrected chi connectivity index (χ2v) is 7.14. The number of alkyl halides is 3. The number of rotatable bonds is 5. The van der Waals surface area contributed by atoms with Crippen molar-refractivity contribution in [2.24, 2.45) is 0 Å². The number of nitro groups is 1. The summed E-state index contributed by atoms with van der Waals surface area (Å²) in [7, 11) is 1.40. The molecule has 0 saturated heterocycles. The van der Waals surface area contributed by atoms with E-state index < -0.39 is 16.7 Å². The average Bonchev–Trinajstić information content (AvgIpc) is 2.68. The van der Waals surface area contributed by atoms with Gasteiger partial charge in [-0.2, -0.15) is 18.2 Å². The molecule has 3 rings (SSSR count). The van der Waals surface area contributed by atoms with Gasteiger partial charge in [0, 0.05) is 40.3 Å². The molecule has 0 aliphatic rings. The minimum atomic E-state index is -4.67. The fourth-order valence-corrected chi connectivity index (χ4v) is 2.83. The molecule has 0 fully saturated rings. The summed E-state index contributed by atoms with van der Waals surface area (Å²) in [5.74, 6) is -0.391. The summed E-state index contributed by atoms with van der Waals surface area (Å²) in [6, 6.07) is 12.3. The first-order chi connectivity index (χ1) is 13.6. The molecule has 0 atom stereocenters. The molecule has 0 spiro atoms. The monoisotopic (exact) mass is 515 g/mol. The molecule has 1 heterocycles. The van der Waals surface area contributed by atoms with Gasteiger partial charge in [0.05, 0.1) is 4.92 Å². The van der Waals surface area contributed by atoms with Gasteiger partial charge in [-0.05, 0) is 59.0 Å². The Morgan fingerprint density at radius 3 is 2.28 bits per heavy atom. The summed E-state index contributed by atoms with van der Waals surface area (Å²) in [6.07, 6.45) is -3.97. The first-order valence-electron chi connectivity index (χ1n) is 8.10. The lowest BCUT2D eigenvalue weighted by atomic mass is 10.2. The topological polar surface area (TPSA) is 84.2 Å². The van der Waals surface area contributed by atoms with Crippen molar-refractivity contribution in [1.82, 2.24) is 9.97 Å².